The number of aryl methyl sites for hydroxylation is 2. The maximum absolute atomic E-state index is 12.2. The number of nitrogens with one attached hydrogen (secondary N) is 3. The predicted octanol–water partition coefficient (Wildman–Crippen LogP) is 3.82. The fraction of sp³-hybridized carbons (Fsp3) is 0.185. The summed E-state index contributed by atoms with van der Waals surface area (Å²) in [6.07, 6.45) is -0.324. The molecule has 0 fully saturated rings. The van der Waals surface area contributed by atoms with Crippen LogP contribution >= 0.6 is 0 Å². The normalized spacial score (nSPS) is 10.2. The van der Waals surface area contributed by atoms with Gasteiger partial charge in [-0.3, -0.25) is 30.0 Å². The maximum Gasteiger partial charge on any atom is 0.306 e. The Hall–Kier alpha value is -4.66. The van der Waals surface area contributed by atoms with Gasteiger partial charge in [0, 0.05) is 17.7 Å². The molecule has 0 spiro atoms. The first-order valence-corrected chi connectivity index (χ1v) is 11.3. The van der Waals surface area contributed by atoms with Gasteiger partial charge in [-0.05, 0) is 61.4 Å². The molecule has 3 aromatic carbocycles. The number of hydrogen-bond acceptors (Lipinski definition) is 6. The number of hydrogen-bond donors (Lipinski definition) is 3. The Morgan fingerprint density at radius 3 is 2.06 bits per heavy atom. The third-order valence-corrected chi connectivity index (χ3v) is 5.04. The molecular formula is C27H27N3O6. The number of ether oxygens (including phenoxy) is 2. The minimum Gasteiger partial charge on any atom is -0.457 e. The fourth-order valence-electron chi connectivity index (χ4n) is 3.17. The molecule has 0 aliphatic heterocycles. The Morgan fingerprint density at radius 2 is 1.39 bits per heavy atom. The summed E-state index contributed by atoms with van der Waals surface area (Å²) in [6.45, 7) is 3.35. The molecule has 0 saturated heterocycles. The fourth-order valence-corrected chi connectivity index (χ4v) is 3.17. The number of carbonyl (C=O) groups is 4. The Morgan fingerprint density at radius 1 is 0.722 bits per heavy atom. The van der Waals surface area contributed by atoms with Gasteiger partial charge in [-0.2, -0.15) is 0 Å². The quantitative estimate of drug-likeness (QED) is 0.310. The molecule has 0 atom stereocenters. The van der Waals surface area contributed by atoms with Crippen molar-refractivity contribution < 1.29 is 28.7 Å². The van der Waals surface area contributed by atoms with Crippen molar-refractivity contribution in [1.29, 1.82) is 0 Å². The highest BCUT2D eigenvalue weighted by atomic mass is 16.5. The van der Waals surface area contributed by atoms with Gasteiger partial charge in [0.25, 0.3) is 11.8 Å². The number of hydrazine groups is 1. The molecule has 3 amide bonds. The smallest absolute Gasteiger partial charge is 0.306 e. The van der Waals surface area contributed by atoms with Crippen molar-refractivity contribution in [1.82, 2.24) is 10.9 Å². The van der Waals surface area contributed by atoms with Crippen molar-refractivity contribution in [2.24, 2.45) is 0 Å². The molecule has 3 aromatic rings. The van der Waals surface area contributed by atoms with Gasteiger partial charge in [-0.25, -0.2) is 0 Å². The first kappa shape index (κ1) is 26.0. The zero-order valence-electron chi connectivity index (χ0n) is 20.0. The SMILES string of the molecule is Cc1cccc(C)c1Oc1ccc(NC(=O)CCC(=O)OCC(=O)NNC(=O)c2ccccc2)cc1. The van der Waals surface area contributed by atoms with Crippen LogP contribution in [0.4, 0.5) is 5.69 Å². The lowest BCUT2D eigenvalue weighted by atomic mass is 10.1. The number of amides is 3. The monoisotopic (exact) mass is 489 g/mol. The van der Waals surface area contributed by atoms with Crippen LogP contribution in [0.3, 0.4) is 0 Å². The van der Waals surface area contributed by atoms with E-state index in [0.717, 1.165) is 16.9 Å². The molecule has 9 heteroatoms. The van der Waals surface area contributed by atoms with E-state index in [1.165, 1.54) is 0 Å². The Bertz CT molecular complexity index is 1210. The number of anilines is 1. The number of esters is 1. The second-order valence-electron chi connectivity index (χ2n) is 7.92. The number of benzene rings is 3. The summed E-state index contributed by atoms with van der Waals surface area (Å²) >= 11 is 0. The molecule has 0 bridgehead atoms. The van der Waals surface area contributed by atoms with E-state index in [1.54, 1.807) is 54.6 Å². The van der Waals surface area contributed by atoms with Gasteiger partial charge in [-0.15, -0.1) is 0 Å². The van der Waals surface area contributed by atoms with E-state index in [2.05, 4.69) is 16.2 Å². The lowest BCUT2D eigenvalue weighted by molar-refractivity contribution is -0.149. The molecule has 0 unspecified atom stereocenters. The summed E-state index contributed by atoms with van der Waals surface area (Å²) in [7, 11) is 0. The average Bonchev–Trinajstić information content (AvgIpc) is 2.88. The van der Waals surface area contributed by atoms with Crippen molar-refractivity contribution in [2.75, 3.05) is 11.9 Å². The molecule has 9 nitrogen and oxygen atoms in total. The molecule has 0 aromatic heterocycles. The zero-order valence-corrected chi connectivity index (χ0v) is 20.0. The molecule has 186 valence electrons. The van der Waals surface area contributed by atoms with E-state index >= 15 is 0 Å². The minimum atomic E-state index is -0.716. The molecule has 0 radical (unpaired) electrons. The van der Waals surface area contributed by atoms with Crippen LogP contribution in [0.15, 0.2) is 72.8 Å². The van der Waals surface area contributed by atoms with Crippen LogP contribution in [0.2, 0.25) is 0 Å². The summed E-state index contributed by atoms with van der Waals surface area (Å²) in [6, 6.07) is 21.1. The van der Waals surface area contributed by atoms with Crippen molar-refractivity contribution in [3.8, 4) is 11.5 Å². The third-order valence-electron chi connectivity index (χ3n) is 5.04. The van der Waals surface area contributed by atoms with E-state index in [1.807, 2.05) is 32.0 Å². The summed E-state index contributed by atoms with van der Waals surface area (Å²) in [5, 5.41) is 2.70. The van der Waals surface area contributed by atoms with Crippen molar-refractivity contribution in [2.45, 2.75) is 26.7 Å². The second kappa shape index (κ2) is 12.7. The van der Waals surface area contributed by atoms with Crippen LogP contribution in [0.25, 0.3) is 0 Å². The number of carbonyl (C=O) groups excluding carboxylic acids is 4. The van der Waals surface area contributed by atoms with Crippen LogP contribution in [0.5, 0.6) is 11.5 Å². The highest BCUT2D eigenvalue weighted by Gasteiger charge is 2.12. The first-order valence-electron chi connectivity index (χ1n) is 11.3. The van der Waals surface area contributed by atoms with E-state index in [-0.39, 0.29) is 18.7 Å². The van der Waals surface area contributed by atoms with Crippen molar-refractivity contribution >= 4 is 29.4 Å². The van der Waals surface area contributed by atoms with Crippen LogP contribution in [0.1, 0.15) is 34.3 Å². The van der Waals surface area contributed by atoms with Gasteiger partial charge in [0.15, 0.2) is 6.61 Å². The predicted molar refractivity (Wildman–Crippen MR) is 133 cm³/mol. The average molecular weight is 490 g/mol. The standard InChI is InChI=1S/C27H27N3O6/c1-18-7-6-8-19(2)26(18)36-22-13-11-21(12-14-22)28-23(31)15-16-25(33)35-17-24(32)29-30-27(34)20-9-4-3-5-10-20/h3-14H,15-17H2,1-2H3,(H,28,31)(H,29,32)(H,30,34). The van der Waals surface area contributed by atoms with Gasteiger partial charge in [0.2, 0.25) is 5.91 Å². The Labute approximate surface area is 208 Å². The van der Waals surface area contributed by atoms with Crippen LogP contribution in [0, 0.1) is 13.8 Å². The van der Waals surface area contributed by atoms with Crippen molar-refractivity contribution in [3.63, 3.8) is 0 Å². The van der Waals surface area contributed by atoms with Crippen LogP contribution < -0.4 is 20.9 Å². The van der Waals surface area contributed by atoms with E-state index in [9.17, 15) is 19.2 Å². The van der Waals surface area contributed by atoms with Crippen LogP contribution in [-0.4, -0.2) is 30.3 Å². The third kappa shape index (κ3) is 7.98. The summed E-state index contributed by atoms with van der Waals surface area (Å²) in [4.78, 5) is 47.6. The Kier molecular flexibility index (Phi) is 9.16. The Balaban J connectivity index is 1.35. The van der Waals surface area contributed by atoms with Gasteiger partial charge in [-0.1, -0.05) is 36.4 Å². The largest absolute Gasteiger partial charge is 0.457 e. The maximum atomic E-state index is 12.2. The lowest BCUT2D eigenvalue weighted by Crippen LogP contribution is -2.43. The highest BCUT2D eigenvalue weighted by Crippen LogP contribution is 2.29. The number of para-hydroxylation sites is 1. The topological polar surface area (TPSA) is 123 Å². The number of rotatable bonds is 9. The summed E-state index contributed by atoms with van der Waals surface area (Å²) in [5.74, 6) is -0.883. The molecular weight excluding hydrogens is 462 g/mol. The molecule has 0 saturated carbocycles. The molecule has 0 aliphatic carbocycles. The van der Waals surface area contributed by atoms with E-state index in [0.29, 0.717) is 17.0 Å². The second-order valence-corrected chi connectivity index (χ2v) is 7.92. The zero-order chi connectivity index (χ0) is 25.9. The molecule has 3 rings (SSSR count). The van der Waals surface area contributed by atoms with E-state index < -0.39 is 24.4 Å². The van der Waals surface area contributed by atoms with Gasteiger partial charge >= 0.3 is 5.97 Å². The van der Waals surface area contributed by atoms with Gasteiger partial charge in [0.1, 0.15) is 11.5 Å². The minimum absolute atomic E-state index is 0.119. The summed E-state index contributed by atoms with van der Waals surface area (Å²) in [5.41, 5.74) is 7.33. The van der Waals surface area contributed by atoms with Crippen LogP contribution in [-0.2, 0) is 19.1 Å². The van der Waals surface area contributed by atoms with Gasteiger partial charge in [0.05, 0.1) is 6.42 Å². The highest BCUT2D eigenvalue weighted by molar-refractivity contribution is 5.95. The van der Waals surface area contributed by atoms with Gasteiger partial charge < -0.3 is 14.8 Å². The molecule has 36 heavy (non-hydrogen) atoms. The summed E-state index contributed by atoms with van der Waals surface area (Å²) < 4.78 is 10.8. The molecule has 0 heterocycles. The van der Waals surface area contributed by atoms with Crippen molar-refractivity contribution in [3.05, 3.63) is 89.5 Å². The first-order chi connectivity index (χ1) is 17.3. The van der Waals surface area contributed by atoms with E-state index in [4.69, 9.17) is 9.47 Å². The molecule has 3 N–H and O–H groups in total. The molecule has 0 aliphatic rings. The lowest BCUT2D eigenvalue weighted by Gasteiger charge is -2.12.